The van der Waals surface area contributed by atoms with Gasteiger partial charge in [0, 0.05) is 35.0 Å². The lowest BCUT2D eigenvalue weighted by molar-refractivity contribution is -0.141. The third-order valence-corrected chi connectivity index (χ3v) is 8.73. The number of carbonyl (C=O) groups is 2. The van der Waals surface area contributed by atoms with Crippen molar-refractivity contribution in [3.05, 3.63) is 62.5 Å². The fraction of sp³-hybridized carbons (Fsp3) is 0.462. The van der Waals surface area contributed by atoms with Gasteiger partial charge in [0.1, 0.15) is 6.04 Å². The van der Waals surface area contributed by atoms with Crippen LogP contribution in [0.15, 0.2) is 46.9 Å². The van der Waals surface area contributed by atoms with Crippen LogP contribution in [-0.2, 0) is 26.2 Å². The van der Waals surface area contributed by atoms with Gasteiger partial charge in [-0.3, -0.25) is 13.9 Å². The van der Waals surface area contributed by atoms with Gasteiger partial charge in [-0.25, -0.2) is 8.42 Å². The van der Waals surface area contributed by atoms with Crippen molar-refractivity contribution in [2.24, 2.45) is 0 Å². The van der Waals surface area contributed by atoms with E-state index in [9.17, 15) is 18.0 Å². The number of halogens is 3. The molecule has 7 nitrogen and oxygen atoms in total. The molecule has 1 atom stereocenters. The average Bonchev–Trinajstić information content (AvgIpc) is 3.35. The minimum atomic E-state index is -3.67. The molecule has 0 aliphatic heterocycles. The lowest BCUT2D eigenvalue weighted by Crippen LogP contribution is -2.49. The Morgan fingerprint density at radius 3 is 2.38 bits per heavy atom. The van der Waals surface area contributed by atoms with Crippen molar-refractivity contribution in [1.29, 1.82) is 0 Å². The number of amides is 2. The summed E-state index contributed by atoms with van der Waals surface area (Å²) >= 11 is 15.7. The van der Waals surface area contributed by atoms with Crippen LogP contribution in [0.25, 0.3) is 0 Å². The number of nitrogens with one attached hydrogen (secondary N) is 1. The molecule has 37 heavy (non-hydrogen) atoms. The van der Waals surface area contributed by atoms with Gasteiger partial charge in [-0.15, -0.1) is 0 Å². The van der Waals surface area contributed by atoms with Crippen molar-refractivity contribution < 1.29 is 18.0 Å². The molecule has 202 valence electrons. The monoisotopic (exact) mass is 631 g/mol. The molecule has 11 heteroatoms. The number of rotatable bonds is 11. The zero-order valence-electron chi connectivity index (χ0n) is 20.9. The van der Waals surface area contributed by atoms with Gasteiger partial charge in [-0.05, 0) is 62.1 Å². The van der Waals surface area contributed by atoms with Crippen LogP contribution < -0.4 is 9.62 Å². The van der Waals surface area contributed by atoms with Crippen LogP contribution in [0.4, 0.5) is 5.69 Å². The van der Waals surface area contributed by atoms with Crippen molar-refractivity contribution in [2.75, 3.05) is 17.1 Å². The molecule has 0 bridgehead atoms. The molecule has 0 heterocycles. The summed E-state index contributed by atoms with van der Waals surface area (Å²) in [5, 5.41) is 3.68. The van der Waals surface area contributed by atoms with Gasteiger partial charge < -0.3 is 10.2 Å². The fourth-order valence-corrected chi connectivity index (χ4v) is 6.09. The van der Waals surface area contributed by atoms with Crippen molar-refractivity contribution >= 4 is 66.7 Å². The SMILES string of the molecule is C[C@H](C(=O)NC1CCCC1)N(Cc1ccc(Br)cc1)C(=O)CCCN(c1cc(Cl)ccc1Cl)S(C)(=O)=O. The Hall–Kier alpha value is -1.81. The highest BCUT2D eigenvalue weighted by Crippen LogP contribution is 2.31. The second-order valence-electron chi connectivity index (χ2n) is 9.35. The Bertz CT molecular complexity index is 1200. The van der Waals surface area contributed by atoms with E-state index in [1.807, 2.05) is 24.3 Å². The van der Waals surface area contributed by atoms with E-state index in [2.05, 4.69) is 21.2 Å². The smallest absolute Gasteiger partial charge is 0.242 e. The maximum atomic E-state index is 13.4. The fourth-order valence-electron chi connectivity index (χ4n) is 4.42. The quantitative estimate of drug-likeness (QED) is 0.340. The number of hydrogen-bond acceptors (Lipinski definition) is 4. The van der Waals surface area contributed by atoms with Crippen LogP contribution in [-0.4, -0.2) is 50.0 Å². The van der Waals surface area contributed by atoms with Crippen molar-refractivity contribution in [3.63, 3.8) is 0 Å². The summed E-state index contributed by atoms with van der Waals surface area (Å²) < 4.78 is 27.1. The molecular weight excluding hydrogens is 601 g/mol. The molecule has 1 aliphatic rings. The van der Waals surface area contributed by atoms with Gasteiger partial charge in [0.25, 0.3) is 0 Å². The molecule has 0 spiro atoms. The van der Waals surface area contributed by atoms with Gasteiger partial charge >= 0.3 is 0 Å². The largest absolute Gasteiger partial charge is 0.352 e. The number of carbonyl (C=O) groups excluding carboxylic acids is 2. The number of benzene rings is 2. The number of nitrogens with zero attached hydrogens (tertiary/aromatic N) is 2. The van der Waals surface area contributed by atoms with Crippen LogP contribution in [0.5, 0.6) is 0 Å². The third kappa shape index (κ3) is 8.60. The zero-order chi connectivity index (χ0) is 27.2. The topological polar surface area (TPSA) is 86.8 Å². The second-order valence-corrected chi connectivity index (χ2v) is 13.0. The molecule has 0 aromatic heterocycles. The van der Waals surface area contributed by atoms with E-state index >= 15 is 0 Å². The molecule has 3 rings (SSSR count). The third-order valence-electron chi connectivity index (χ3n) is 6.46. The van der Waals surface area contributed by atoms with Crippen molar-refractivity contribution in [2.45, 2.75) is 64.1 Å². The Labute approximate surface area is 237 Å². The van der Waals surface area contributed by atoms with Crippen LogP contribution in [0.2, 0.25) is 10.0 Å². The van der Waals surface area contributed by atoms with E-state index in [-0.39, 0.29) is 54.5 Å². The Morgan fingerprint density at radius 2 is 1.76 bits per heavy atom. The molecule has 1 fully saturated rings. The lowest BCUT2D eigenvalue weighted by atomic mass is 10.1. The van der Waals surface area contributed by atoms with Crippen LogP contribution in [0, 0.1) is 0 Å². The van der Waals surface area contributed by atoms with Gasteiger partial charge in [0.15, 0.2) is 0 Å². The van der Waals surface area contributed by atoms with E-state index in [1.165, 1.54) is 12.1 Å². The second kappa shape index (κ2) is 13.3. The summed E-state index contributed by atoms with van der Waals surface area (Å²) in [6.45, 7) is 2.04. The maximum Gasteiger partial charge on any atom is 0.242 e. The first kappa shape index (κ1) is 29.7. The normalized spacial score (nSPS) is 14.8. The molecule has 0 saturated heterocycles. The minimum absolute atomic E-state index is 0.0411. The molecule has 2 aromatic rings. The molecule has 2 aromatic carbocycles. The Kier molecular flexibility index (Phi) is 10.7. The van der Waals surface area contributed by atoms with E-state index in [4.69, 9.17) is 23.2 Å². The molecule has 1 N–H and O–H groups in total. The first-order valence-corrected chi connectivity index (χ1v) is 15.6. The summed E-state index contributed by atoms with van der Waals surface area (Å²) in [4.78, 5) is 28.0. The highest BCUT2D eigenvalue weighted by molar-refractivity contribution is 9.10. The summed E-state index contributed by atoms with van der Waals surface area (Å²) in [5.41, 5.74) is 1.15. The summed E-state index contributed by atoms with van der Waals surface area (Å²) in [7, 11) is -3.67. The highest BCUT2D eigenvalue weighted by atomic mass is 79.9. The minimum Gasteiger partial charge on any atom is -0.352 e. The molecule has 1 aliphatic carbocycles. The number of hydrogen-bond donors (Lipinski definition) is 1. The van der Waals surface area contributed by atoms with Crippen LogP contribution in [0.3, 0.4) is 0 Å². The van der Waals surface area contributed by atoms with Gasteiger partial charge in [0.05, 0.1) is 17.0 Å². The molecule has 1 saturated carbocycles. The van der Waals surface area contributed by atoms with E-state index in [0.29, 0.717) is 5.02 Å². The van der Waals surface area contributed by atoms with Crippen molar-refractivity contribution in [1.82, 2.24) is 10.2 Å². The standard InChI is InChI=1S/C26H32BrCl2N3O4S/c1-18(26(34)30-22-6-3-4-7-22)31(17-19-9-11-20(27)12-10-19)25(33)8-5-15-32(37(2,35)36)24-16-21(28)13-14-23(24)29/h9-14,16,18,22H,3-8,15,17H2,1-2H3,(H,30,34)/t18-/m1/s1. The maximum absolute atomic E-state index is 13.4. The van der Waals surface area contributed by atoms with Crippen LogP contribution >= 0.6 is 39.1 Å². The predicted octanol–water partition coefficient (Wildman–Crippen LogP) is 5.78. The van der Waals surface area contributed by atoms with E-state index in [0.717, 1.165) is 46.3 Å². The average molecular weight is 633 g/mol. The summed E-state index contributed by atoms with van der Waals surface area (Å²) in [6, 6.07) is 11.7. The van der Waals surface area contributed by atoms with Gasteiger partial charge in [0.2, 0.25) is 21.8 Å². The molecule has 0 radical (unpaired) electrons. The van der Waals surface area contributed by atoms with Gasteiger partial charge in [-0.1, -0.05) is 64.1 Å². The summed E-state index contributed by atoms with van der Waals surface area (Å²) in [5.74, 6) is -0.413. The van der Waals surface area contributed by atoms with Crippen LogP contribution in [0.1, 0.15) is 51.0 Å². The molecular formula is C26H32BrCl2N3O4S. The van der Waals surface area contributed by atoms with Gasteiger partial charge in [-0.2, -0.15) is 0 Å². The Balaban J connectivity index is 1.73. The first-order chi connectivity index (χ1) is 17.5. The molecule has 0 unspecified atom stereocenters. The Morgan fingerprint density at radius 1 is 1.11 bits per heavy atom. The van der Waals surface area contributed by atoms with E-state index in [1.54, 1.807) is 17.9 Å². The molecule has 2 amide bonds. The number of anilines is 1. The predicted molar refractivity (Wildman–Crippen MR) is 152 cm³/mol. The number of sulfonamides is 1. The zero-order valence-corrected chi connectivity index (χ0v) is 24.8. The first-order valence-electron chi connectivity index (χ1n) is 12.2. The lowest BCUT2D eigenvalue weighted by Gasteiger charge is -2.30. The highest BCUT2D eigenvalue weighted by Gasteiger charge is 2.29. The summed E-state index contributed by atoms with van der Waals surface area (Å²) in [6.07, 6.45) is 5.47. The van der Waals surface area contributed by atoms with E-state index < -0.39 is 16.1 Å². The van der Waals surface area contributed by atoms with Crippen molar-refractivity contribution in [3.8, 4) is 0 Å².